The van der Waals surface area contributed by atoms with Gasteiger partial charge in [-0.05, 0) is 40.0 Å². The second-order valence-corrected chi connectivity index (χ2v) is 4.35. The fourth-order valence-electron chi connectivity index (χ4n) is 1.17. The van der Waals surface area contributed by atoms with Crippen molar-refractivity contribution in [2.45, 2.75) is 47.0 Å². The summed E-state index contributed by atoms with van der Waals surface area (Å²) in [6, 6.07) is 0. The van der Waals surface area contributed by atoms with E-state index in [9.17, 15) is 4.79 Å². The lowest BCUT2D eigenvalue weighted by Gasteiger charge is -2.03. The van der Waals surface area contributed by atoms with E-state index in [4.69, 9.17) is 5.11 Å². The van der Waals surface area contributed by atoms with Gasteiger partial charge < -0.3 is 5.11 Å². The molecule has 0 amide bonds. The van der Waals surface area contributed by atoms with Crippen LogP contribution in [0.4, 0.5) is 0 Å². The highest BCUT2D eigenvalue weighted by Gasteiger charge is 2.07. The Bertz CT molecular complexity index is 258. The molecule has 15 heavy (non-hydrogen) atoms. The molecular weight excluding hydrogens is 188 g/mol. The van der Waals surface area contributed by atoms with Crippen LogP contribution in [0.3, 0.4) is 0 Å². The third kappa shape index (κ3) is 7.98. The van der Waals surface area contributed by atoms with Gasteiger partial charge >= 0.3 is 5.97 Å². The van der Waals surface area contributed by atoms with Crippen LogP contribution in [-0.4, -0.2) is 11.1 Å². The Morgan fingerprint density at radius 2 is 1.87 bits per heavy atom. The molecule has 2 heteroatoms. The second-order valence-electron chi connectivity index (χ2n) is 4.35. The van der Waals surface area contributed by atoms with Crippen molar-refractivity contribution < 1.29 is 9.90 Å². The molecule has 0 fully saturated rings. The molecule has 2 nitrogen and oxygen atoms in total. The van der Waals surface area contributed by atoms with Crippen LogP contribution in [0, 0.1) is 5.92 Å². The predicted octanol–water partition coefficient (Wildman–Crippen LogP) is 3.79. The number of hydrogen-bond acceptors (Lipinski definition) is 1. The van der Waals surface area contributed by atoms with E-state index >= 15 is 0 Å². The summed E-state index contributed by atoms with van der Waals surface area (Å²) in [5, 5.41) is 8.70. The summed E-state index contributed by atoms with van der Waals surface area (Å²) in [6.07, 6.45) is 6.95. The molecule has 0 aliphatic carbocycles. The van der Waals surface area contributed by atoms with Gasteiger partial charge in [0.25, 0.3) is 0 Å². The van der Waals surface area contributed by atoms with Crippen molar-refractivity contribution in [1.29, 1.82) is 0 Å². The van der Waals surface area contributed by atoms with Crippen LogP contribution in [0.1, 0.15) is 47.0 Å². The molecule has 0 heterocycles. The monoisotopic (exact) mass is 210 g/mol. The Morgan fingerprint density at radius 1 is 1.27 bits per heavy atom. The molecule has 1 N–H and O–H groups in total. The molecule has 0 saturated heterocycles. The lowest BCUT2D eigenvalue weighted by molar-refractivity contribution is -0.140. The van der Waals surface area contributed by atoms with Gasteiger partial charge in [0.2, 0.25) is 0 Å². The van der Waals surface area contributed by atoms with Gasteiger partial charge in [0.15, 0.2) is 0 Å². The van der Waals surface area contributed by atoms with Crippen molar-refractivity contribution in [3.63, 3.8) is 0 Å². The van der Waals surface area contributed by atoms with Crippen molar-refractivity contribution >= 4 is 5.97 Å². The number of aliphatic carboxylic acids is 1. The van der Waals surface area contributed by atoms with Crippen LogP contribution in [0.2, 0.25) is 0 Å². The fourth-order valence-corrected chi connectivity index (χ4v) is 1.17. The zero-order valence-corrected chi connectivity index (χ0v) is 10.2. The average molecular weight is 210 g/mol. The van der Waals surface area contributed by atoms with Crippen molar-refractivity contribution in [3.05, 3.63) is 23.3 Å². The van der Waals surface area contributed by atoms with Gasteiger partial charge in [-0.25, -0.2) is 0 Å². The van der Waals surface area contributed by atoms with E-state index in [0.717, 1.165) is 12.8 Å². The standard InChI is InChI=1S/C13H22O2/c1-10(2)6-5-7-11(3)8-9-12(4)13(14)15/h6,8,12H,5,7,9H2,1-4H3,(H,14,15)/b11-8-. The minimum atomic E-state index is -0.719. The molecule has 1 atom stereocenters. The van der Waals surface area contributed by atoms with Crippen LogP contribution < -0.4 is 0 Å². The first-order valence-electron chi connectivity index (χ1n) is 5.45. The Kier molecular flexibility index (Phi) is 6.76. The molecule has 0 saturated carbocycles. The minimum absolute atomic E-state index is 0.275. The van der Waals surface area contributed by atoms with E-state index in [1.807, 2.05) is 6.08 Å². The van der Waals surface area contributed by atoms with Gasteiger partial charge in [-0.15, -0.1) is 0 Å². The average Bonchev–Trinajstić information content (AvgIpc) is 2.13. The third-order valence-electron chi connectivity index (χ3n) is 2.33. The SMILES string of the molecule is CC(C)=CCC/C(C)=C\CC(C)C(=O)O. The van der Waals surface area contributed by atoms with Gasteiger partial charge in [0.05, 0.1) is 5.92 Å². The molecule has 0 aliphatic rings. The third-order valence-corrected chi connectivity index (χ3v) is 2.33. The first kappa shape index (κ1) is 13.9. The van der Waals surface area contributed by atoms with E-state index in [0.29, 0.717) is 6.42 Å². The van der Waals surface area contributed by atoms with Crippen molar-refractivity contribution in [3.8, 4) is 0 Å². The van der Waals surface area contributed by atoms with E-state index in [1.54, 1.807) is 6.92 Å². The first-order valence-corrected chi connectivity index (χ1v) is 5.45. The molecule has 86 valence electrons. The van der Waals surface area contributed by atoms with Crippen LogP contribution in [0.25, 0.3) is 0 Å². The normalized spacial score (nSPS) is 13.5. The predicted molar refractivity (Wildman–Crippen MR) is 63.8 cm³/mol. The van der Waals surface area contributed by atoms with Crippen LogP contribution in [0.15, 0.2) is 23.3 Å². The molecule has 0 radical (unpaired) electrons. The number of carbonyl (C=O) groups is 1. The Balaban J connectivity index is 3.89. The number of allylic oxidation sites excluding steroid dienone is 4. The molecule has 1 unspecified atom stereocenters. The van der Waals surface area contributed by atoms with Crippen molar-refractivity contribution in [2.24, 2.45) is 5.92 Å². The summed E-state index contributed by atoms with van der Waals surface area (Å²) >= 11 is 0. The summed E-state index contributed by atoms with van der Waals surface area (Å²) in [7, 11) is 0. The maximum atomic E-state index is 10.6. The molecular formula is C13H22O2. The maximum absolute atomic E-state index is 10.6. The highest BCUT2D eigenvalue weighted by atomic mass is 16.4. The zero-order valence-electron chi connectivity index (χ0n) is 10.2. The second kappa shape index (κ2) is 7.27. The van der Waals surface area contributed by atoms with E-state index in [1.165, 1.54) is 11.1 Å². The lowest BCUT2D eigenvalue weighted by Crippen LogP contribution is -2.07. The molecule has 0 aromatic heterocycles. The Morgan fingerprint density at radius 3 is 2.33 bits per heavy atom. The largest absolute Gasteiger partial charge is 0.481 e. The number of carboxylic acids is 1. The number of carboxylic acid groups (broad SMARTS) is 1. The van der Waals surface area contributed by atoms with Gasteiger partial charge in [-0.3, -0.25) is 4.79 Å². The van der Waals surface area contributed by atoms with Crippen molar-refractivity contribution in [2.75, 3.05) is 0 Å². The highest BCUT2D eigenvalue weighted by Crippen LogP contribution is 2.11. The minimum Gasteiger partial charge on any atom is -0.481 e. The summed E-state index contributed by atoms with van der Waals surface area (Å²) in [5.41, 5.74) is 2.61. The topological polar surface area (TPSA) is 37.3 Å². The van der Waals surface area contributed by atoms with Gasteiger partial charge in [0.1, 0.15) is 0 Å². The Hall–Kier alpha value is -1.05. The zero-order chi connectivity index (χ0) is 11.8. The summed E-state index contributed by atoms with van der Waals surface area (Å²) in [6.45, 7) is 7.98. The molecule has 0 aromatic carbocycles. The van der Waals surface area contributed by atoms with Crippen molar-refractivity contribution in [1.82, 2.24) is 0 Å². The first-order chi connectivity index (χ1) is 6.93. The number of hydrogen-bond donors (Lipinski definition) is 1. The number of rotatable bonds is 6. The van der Waals surface area contributed by atoms with Gasteiger partial charge in [0, 0.05) is 0 Å². The summed E-state index contributed by atoms with van der Waals surface area (Å²) < 4.78 is 0. The summed E-state index contributed by atoms with van der Waals surface area (Å²) in [4.78, 5) is 10.6. The lowest BCUT2D eigenvalue weighted by atomic mass is 10.0. The summed E-state index contributed by atoms with van der Waals surface area (Å²) in [5.74, 6) is -0.994. The smallest absolute Gasteiger partial charge is 0.306 e. The van der Waals surface area contributed by atoms with E-state index < -0.39 is 5.97 Å². The molecule has 0 spiro atoms. The molecule has 0 aliphatic heterocycles. The van der Waals surface area contributed by atoms with Gasteiger partial charge in [-0.2, -0.15) is 0 Å². The van der Waals surface area contributed by atoms with Gasteiger partial charge in [-0.1, -0.05) is 30.2 Å². The fraction of sp³-hybridized carbons (Fsp3) is 0.615. The molecule has 0 aromatic rings. The molecule has 0 bridgehead atoms. The van der Waals surface area contributed by atoms with E-state index in [-0.39, 0.29) is 5.92 Å². The molecule has 0 rings (SSSR count). The van der Waals surface area contributed by atoms with Crippen LogP contribution in [0.5, 0.6) is 0 Å². The van der Waals surface area contributed by atoms with E-state index in [2.05, 4.69) is 26.8 Å². The van der Waals surface area contributed by atoms with Crippen LogP contribution in [-0.2, 0) is 4.79 Å². The maximum Gasteiger partial charge on any atom is 0.306 e. The quantitative estimate of drug-likeness (QED) is 0.677. The Labute approximate surface area is 92.7 Å². The highest BCUT2D eigenvalue weighted by molar-refractivity contribution is 5.69. The van der Waals surface area contributed by atoms with Crippen LogP contribution >= 0.6 is 0 Å².